The molecule has 0 atom stereocenters. The van der Waals surface area contributed by atoms with Crippen LogP contribution in [0.1, 0.15) is 17.5 Å². The lowest BCUT2D eigenvalue weighted by Gasteiger charge is -2.18. The maximum absolute atomic E-state index is 11.3. The van der Waals surface area contributed by atoms with Crippen LogP contribution in [0, 0.1) is 0 Å². The number of carbonyl (C=O) groups is 1. The number of ether oxygens (including phenoxy) is 2. The Labute approximate surface area is 97.6 Å². The Balaban J connectivity index is 2.24. The fraction of sp³-hybridized carbons (Fsp3) is 0.250. The fourth-order valence-electron chi connectivity index (χ4n) is 2.07. The summed E-state index contributed by atoms with van der Waals surface area (Å²) in [5, 5.41) is 0.700. The highest BCUT2D eigenvalue weighted by Crippen LogP contribution is 2.39. The highest BCUT2D eigenvalue weighted by molar-refractivity contribution is 6.31. The van der Waals surface area contributed by atoms with Crippen LogP contribution in [0.25, 0.3) is 5.76 Å². The first kappa shape index (κ1) is 9.73. The third kappa shape index (κ3) is 1.39. The Morgan fingerprint density at radius 2 is 2.19 bits per heavy atom. The molecular formula is C12H9ClO3. The van der Waals surface area contributed by atoms with Crippen LogP contribution in [0.2, 0.25) is 5.02 Å². The van der Waals surface area contributed by atoms with Gasteiger partial charge in [0.25, 0.3) is 0 Å². The summed E-state index contributed by atoms with van der Waals surface area (Å²) in [4.78, 5) is 11.3. The van der Waals surface area contributed by atoms with Gasteiger partial charge >= 0.3 is 5.97 Å². The van der Waals surface area contributed by atoms with Crippen LogP contribution in [0.15, 0.2) is 18.2 Å². The average Bonchev–Trinajstić information content (AvgIpc) is 2.44. The lowest BCUT2D eigenvalue weighted by Crippen LogP contribution is -2.10. The van der Waals surface area contributed by atoms with E-state index >= 15 is 0 Å². The number of rotatable bonds is 0. The molecule has 1 heterocycles. The Hall–Kier alpha value is -1.48. The molecule has 2 aliphatic rings. The zero-order valence-corrected chi connectivity index (χ0v) is 9.21. The summed E-state index contributed by atoms with van der Waals surface area (Å²) in [5.74, 6) is 0.892. The van der Waals surface area contributed by atoms with Crippen molar-refractivity contribution in [3.05, 3.63) is 34.4 Å². The van der Waals surface area contributed by atoms with Crippen LogP contribution in [0.3, 0.4) is 0 Å². The molecule has 0 N–H and O–H groups in total. The van der Waals surface area contributed by atoms with Gasteiger partial charge in [-0.05, 0) is 36.6 Å². The Bertz CT molecular complexity index is 505. The number of esters is 1. The van der Waals surface area contributed by atoms with Crippen molar-refractivity contribution in [3.63, 3.8) is 0 Å². The Kier molecular flexibility index (Phi) is 2.14. The molecule has 0 bridgehead atoms. The van der Waals surface area contributed by atoms with E-state index in [9.17, 15) is 4.79 Å². The monoisotopic (exact) mass is 236 g/mol. The zero-order valence-electron chi connectivity index (χ0n) is 8.46. The first-order chi connectivity index (χ1) is 7.75. The van der Waals surface area contributed by atoms with E-state index in [1.807, 2.05) is 6.08 Å². The van der Waals surface area contributed by atoms with E-state index in [0.717, 1.165) is 24.0 Å². The molecule has 3 rings (SSSR count). The molecule has 0 spiro atoms. The van der Waals surface area contributed by atoms with Gasteiger partial charge in [0, 0.05) is 5.02 Å². The zero-order chi connectivity index (χ0) is 11.1. The molecule has 1 aliphatic carbocycles. The van der Waals surface area contributed by atoms with Crippen molar-refractivity contribution in [2.45, 2.75) is 12.8 Å². The summed E-state index contributed by atoms with van der Waals surface area (Å²) >= 11 is 6.13. The highest BCUT2D eigenvalue weighted by atomic mass is 35.5. The molecule has 3 nitrogen and oxygen atoms in total. The molecule has 4 heteroatoms. The topological polar surface area (TPSA) is 35.5 Å². The van der Waals surface area contributed by atoms with Crippen LogP contribution >= 0.6 is 11.6 Å². The van der Waals surface area contributed by atoms with Gasteiger partial charge in [0.1, 0.15) is 11.5 Å². The first-order valence-electron chi connectivity index (χ1n) is 5.11. The molecule has 0 amide bonds. The minimum Gasteiger partial charge on any atom is -0.481 e. The third-order valence-electron chi connectivity index (χ3n) is 2.76. The van der Waals surface area contributed by atoms with Gasteiger partial charge in [-0.2, -0.15) is 0 Å². The van der Waals surface area contributed by atoms with Gasteiger partial charge in [-0.25, -0.2) is 4.79 Å². The normalized spacial score (nSPS) is 17.8. The van der Waals surface area contributed by atoms with Gasteiger partial charge in [0.05, 0.1) is 5.56 Å². The average molecular weight is 237 g/mol. The van der Waals surface area contributed by atoms with Gasteiger partial charge in [0.2, 0.25) is 0 Å². The van der Waals surface area contributed by atoms with Gasteiger partial charge in [-0.3, -0.25) is 0 Å². The van der Waals surface area contributed by atoms with Gasteiger partial charge in [-0.1, -0.05) is 11.6 Å². The summed E-state index contributed by atoms with van der Waals surface area (Å²) in [7, 11) is 0. The molecule has 0 saturated carbocycles. The summed E-state index contributed by atoms with van der Waals surface area (Å²) in [6.07, 6.45) is 3.60. The van der Waals surface area contributed by atoms with E-state index in [2.05, 4.69) is 0 Å². The van der Waals surface area contributed by atoms with Crippen molar-refractivity contribution in [1.29, 1.82) is 0 Å². The fourth-order valence-corrected chi connectivity index (χ4v) is 2.32. The molecule has 0 unspecified atom stereocenters. The molecule has 1 aliphatic heterocycles. The van der Waals surface area contributed by atoms with Gasteiger partial charge in [0.15, 0.2) is 6.61 Å². The van der Waals surface area contributed by atoms with Crippen LogP contribution in [-0.4, -0.2) is 12.6 Å². The van der Waals surface area contributed by atoms with Gasteiger partial charge in [-0.15, -0.1) is 0 Å². The van der Waals surface area contributed by atoms with E-state index in [1.165, 1.54) is 0 Å². The Morgan fingerprint density at radius 1 is 1.31 bits per heavy atom. The maximum atomic E-state index is 11.3. The van der Waals surface area contributed by atoms with Crippen molar-refractivity contribution in [1.82, 2.24) is 0 Å². The number of allylic oxidation sites excluding steroid dienone is 1. The van der Waals surface area contributed by atoms with E-state index in [0.29, 0.717) is 16.5 Å². The number of hydrogen-bond donors (Lipinski definition) is 0. The summed E-state index contributed by atoms with van der Waals surface area (Å²) in [6, 6.07) is 3.58. The highest BCUT2D eigenvalue weighted by Gasteiger charge is 2.26. The Morgan fingerprint density at radius 3 is 3.06 bits per heavy atom. The molecule has 0 fully saturated rings. The molecule has 0 saturated heterocycles. The van der Waals surface area contributed by atoms with Crippen LogP contribution in [-0.2, 0) is 16.0 Å². The summed E-state index contributed by atoms with van der Waals surface area (Å²) in [6.45, 7) is -0.0502. The van der Waals surface area contributed by atoms with E-state index in [4.69, 9.17) is 21.1 Å². The molecule has 1 aromatic carbocycles. The van der Waals surface area contributed by atoms with E-state index in [-0.39, 0.29) is 12.6 Å². The number of benzene rings is 1. The second kappa shape index (κ2) is 3.52. The van der Waals surface area contributed by atoms with Crippen molar-refractivity contribution in [2.75, 3.05) is 6.61 Å². The van der Waals surface area contributed by atoms with E-state index < -0.39 is 0 Å². The summed E-state index contributed by atoms with van der Waals surface area (Å²) in [5.41, 5.74) is 1.84. The second-order valence-electron chi connectivity index (χ2n) is 3.77. The SMILES string of the molecule is O=C1COc2ccc(Cl)c3c2C(=CCC3)O1. The predicted octanol–water partition coefficient (Wildman–Crippen LogP) is 2.56. The molecule has 82 valence electrons. The molecule has 0 radical (unpaired) electrons. The molecule has 16 heavy (non-hydrogen) atoms. The predicted molar refractivity (Wildman–Crippen MR) is 59.3 cm³/mol. The number of carbonyl (C=O) groups excluding carboxylic acids is 1. The first-order valence-corrected chi connectivity index (χ1v) is 5.49. The van der Waals surface area contributed by atoms with Crippen molar-refractivity contribution in [2.24, 2.45) is 0 Å². The van der Waals surface area contributed by atoms with Crippen molar-refractivity contribution >= 4 is 23.3 Å². The van der Waals surface area contributed by atoms with Crippen LogP contribution < -0.4 is 4.74 Å². The van der Waals surface area contributed by atoms with Crippen molar-refractivity contribution < 1.29 is 14.3 Å². The smallest absolute Gasteiger partial charge is 0.349 e. The molecule has 1 aromatic rings. The molecular weight excluding hydrogens is 228 g/mol. The lowest BCUT2D eigenvalue weighted by molar-refractivity contribution is -0.138. The minimum atomic E-state index is -0.369. The van der Waals surface area contributed by atoms with Crippen LogP contribution in [0.5, 0.6) is 5.75 Å². The second-order valence-corrected chi connectivity index (χ2v) is 4.18. The minimum absolute atomic E-state index is 0.0502. The quantitative estimate of drug-likeness (QED) is 0.650. The standard InChI is InChI=1S/C12H9ClO3/c13-8-4-5-9-12-7(8)2-1-3-10(12)16-11(14)6-15-9/h3-5H,1-2,6H2. The van der Waals surface area contributed by atoms with Gasteiger partial charge < -0.3 is 9.47 Å². The van der Waals surface area contributed by atoms with Crippen molar-refractivity contribution in [3.8, 4) is 5.75 Å². The number of halogens is 1. The largest absolute Gasteiger partial charge is 0.481 e. The van der Waals surface area contributed by atoms with Crippen LogP contribution in [0.4, 0.5) is 0 Å². The molecule has 0 aromatic heterocycles. The lowest BCUT2D eigenvalue weighted by atomic mass is 9.95. The van der Waals surface area contributed by atoms with E-state index in [1.54, 1.807) is 12.1 Å². The third-order valence-corrected chi connectivity index (χ3v) is 3.11. The number of hydrogen-bond acceptors (Lipinski definition) is 3. The maximum Gasteiger partial charge on any atom is 0.349 e. The summed E-state index contributed by atoms with van der Waals surface area (Å²) < 4.78 is 10.6.